The monoisotopic (exact) mass is 208 g/mol. The first-order valence-electron chi connectivity index (χ1n) is 4.67. The second kappa shape index (κ2) is 3.72. The van der Waals surface area contributed by atoms with E-state index in [0.29, 0.717) is 31.3 Å². The molecule has 15 heavy (non-hydrogen) atoms. The van der Waals surface area contributed by atoms with Crippen molar-refractivity contribution < 1.29 is 9.53 Å². The third-order valence-electron chi connectivity index (χ3n) is 2.10. The van der Waals surface area contributed by atoms with Gasteiger partial charge >= 0.3 is 6.09 Å². The van der Waals surface area contributed by atoms with Gasteiger partial charge in [0.15, 0.2) is 0 Å². The van der Waals surface area contributed by atoms with E-state index in [1.54, 1.807) is 11.0 Å². The molecular weight excluding hydrogens is 196 g/mol. The van der Waals surface area contributed by atoms with Gasteiger partial charge in [0.05, 0.1) is 13.1 Å². The van der Waals surface area contributed by atoms with Crippen LogP contribution in [0.2, 0.25) is 0 Å². The summed E-state index contributed by atoms with van der Waals surface area (Å²) >= 11 is 0. The quantitative estimate of drug-likeness (QED) is 0.756. The number of nitrogens with two attached hydrogens (primary N) is 1. The van der Waals surface area contributed by atoms with Crippen LogP contribution >= 0.6 is 0 Å². The molecule has 0 bridgehead atoms. The fourth-order valence-corrected chi connectivity index (χ4v) is 1.47. The molecule has 0 spiro atoms. The minimum absolute atomic E-state index is 0.321. The van der Waals surface area contributed by atoms with Gasteiger partial charge in [0.25, 0.3) is 0 Å². The van der Waals surface area contributed by atoms with Gasteiger partial charge in [-0.3, -0.25) is 4.90 Å². The Balaban J connectivity index is 2.13. The molecule has 1 aliphatic heterocycles. The molecule has 2 heterocycles. The van der Waals surface area contributed by atoms with E-state index in [2.05, 4.69) is 9.97 Å². The number of carbonyl (C=O) groups excluding carboxylic acids is 1. The molecular formula is C9H12N4O2. The van der Waals surface area contributed by atoms with Crippen molar-refractivity contribution in [3.63, 3.8) is 0 Å². The zero-order valence-corrected chi connectivity index (χ0v) is 8.43. The van der Waals surface area contributed by atoms with Gasteiger partial charge in [-0.15, -0.1) is 0 Å². The van der Waals surface area contributed by atoms with Crippen molar-refractivity contribution in [2.75, 3.05) is 18.9 Å². The number of cyclic esters (lactones) is 1. The van der Waals surface area contributed by atoms with E-state index in [9.17, 15) is 4.79 Å². The summed E-state index contributed by atoms with van der Waals surface area (Å²) in [5, 5.41) is 0. The molecule has 0 unspecified atom stereocenters. The first kappa shape index (κ1) is 9.70. The van der Waals surface area contributed by atoms with E-state index in [0.717, 1.165) is 5.69 Å². The summed E-state index contributed by atoms with van der Waals surface area (Å²) in [4.78, 5) is 21.0. The Morgan fingerprint density at radius 2 is 2.40 bits per heavy atom. The molecule has 1 aliphatic rings. The molecule has 2 rings (SSSR count). The van der Waals surface area contributed by atoms with E-state index in [4.69, 9.17) is 10.5 Å². The van der Waals surface area contributed by atoms with Gasteiger partial charge < -0.3 is 10.5 Å². The highest BCUT2D eigenvalue weighted by atomic mass is 16.6. The normalized spacial score (nSPS) is 15.5. The number of rotatable bonds is 2. The molecule has 1 saturated heterocycles. The molecule has 2 N–H and O–H groups in total. The minimum Gasteiger partial charge on any atom is -0.448 e. The summed E-state index contributed by atoms with van der Waals surface area (Å²) < 4.78 is 4.80. The molecule has 1 amide bonds. The lowest BCUT2D eigenvalue weighted by Gasteiger charge is -2.11. The predicted octanol–water partition coefficient (Wildman–Crippen LogP) is 0.319. The lowest BCUT2D eigenvalue weighted by molar-refractivity contribution is 0.156. The summed E-state index contributed by atoms with van der Waals surface area (Å²) in [5.74, 6) is 0.969. The number of aromatic nitrogens is 2. The molecule has 6 nitrogen and oxygen atoms in total. The number of hydrogen-bond donors (Lipinski definition) is 1. The van der Waals surface area contributed by atoms with Crippen LogP contribution in [-0.2, 0) is 11.3 Å². The maximum Gasteiger partial charge on any atom is 0.410 e. The van der Waals surface area contributed by atoms with Crippen molar-refractivity contribution in [2.24, 2.45) is 0 Å². The zero-order valence-electron chi connectivity index (χ0n) is 8.43. The van der Waals surface area contributed by atoms with Crippen molar-refractivity contribution in [2.45, 2.75) is 13.5 Å². The first-order valence-corrected chi connectivity index (χ1v) is 4.67. The molecule has 0 atom stereocenters. The van der Waals surface area contributed by atoms with Crippen molar-refractivity contribution in [1.29, 1.82) is 0 Å². The Morgan fingerprint density at radius 1 is 1.60 bits per heavy atom. The predicted molar refractivity (Wildman–Crippen MR) is 52.9 cm³/mol. The number of nitrogen functional groups attached to an aromatic ring is 1. The topological polar surface area (TPSA) is 81.3 Å². The molecule has 0 saturated carbocycles. The maximum atomic E-state index is 11.2. The smallest absolute Gasteiger partial charge is 0.410 e. The Bertz CT molecular complexity index is 373. The second-order valence-corrected chi connectivity index (χ2v) is 3.39. The van der Waals surface area contributed by atoms with Gasteiger partial charge in [0, 0.05) is 11.8 Å². The van der Waals surface area contributed by atoms with Gasteiger partial charge in [0.1, 0.15) is 18.2 Å². The van der Waals surface area contributed by atoms with Crippen LogP contribution < -0.4 is 5.73 Å². The molecule has 0 radical (unpaired) electrons. The SMILES string of the molecule is Cc1cc(N)nc(CN2CCOC2=O)n1. The Morgan fingerprint density at radius 3 is 3.00 bits per heavy atom. The van der Waals surface area contributed by atoms with E-state index in [1.165, 1.54) is 0 Å². The Kier molecular flexibility index (Phi) is 2.40. The fraction of sp³-hybridized carbons (Fsp3) is 0.444. The fourth-order valence-electron chi connectivity index (χ4n) is 1.47. The number of carbonyl (C=O) groups is 1. The number of amides is 1. The second-order valence-electron chi connectivity index (χ2n) is 3.39. The standard InChI is InChI=1S/C9H12N4O2/c1-6-4-7(10)12-8(11-6)5-13-2-3-15-9(13)14/h4H,2-3,5H2,1H3,(H2,10,11,12). The van der Waals surface area contributed by atoms with E-state index >= 15 is 0 Å². The molecule has 6 heteroatoms. The van der Waals surface area contributed by atoms with Crippen LogP contribution in [0.3, 0.4) is 0 Å². The van der Waals surface area contributed by atoms with Crippen LogP contribution in [0, 0.1) is 6.92 Å². The summed E-state index contributed by atoms with van der Waals surface area (Å²) in [5.41, 5.74) is 6.38. The minimum atomic E-state index is -0.321. The Hall–Kier alpha value is -1.85. The number of nitrogens with zero attached hydrogens (tertiary/aromatic N) is 3. The van der Waals surface area contributed by atoms with Gasteiger partial charge in [-0.2, -0.15) is 0 Å². The molecule has 0 aliphatic carbocycles. The van der Waals surface area contributed by atoms with Crippen LogP contribution in [0.5, 0.6) is 0 Å². The highest BCUT2D eigenvalue weighted by Gasteiger charge is 2.22. The summed E-state index contributed by atoms with van der Waals surface area (Å²) in [6.45, 7) is 3.20. The summed E-state index contributed by atoms with van der Waals surface area (Å²) in [6.07, 6.45) is -0.321. The average molecular weight is 208 g/mol. The molecule has 1 aromatic rings. The average Bonchev–Trinajstić information content (AvgIpc) is 2.50. The number of hydrogen-bond acceptors (Lipinski definition) is 5. The van der Waals surface area contributed by atoms with Crippen LogP contribution in [0.1, 0.15) is 11.5 Å². The lowest BCUT2D eigenvalue weighted by atomic mass is 10.4. The highest BCUT2D eigenvalue weighted by Crippen LogP contribution is 2.09. The van der Waals surface area contributed by atoms with Gasteiger partial charge in [-0.25, -0.2) is 14.8 Å². The number of anilines is 1. The molecule has 80 valence electrons. The van der Waals surface area contributed by atoms with Crippen molar-refractivity contribution >= 4 is 11.9 Å². The third-order valence-corrected chi connectivity index (χ3v) is 2.10. The Labute approximate surface area is 87.1 Å². The van der Waals surface area contributed by atoms with E-state index in [-0.39, 0.29) is 6.09 Å². The van der Waals surface area contributed by atoms with Gasteiger partial charge in [-0.1, -0.05) is 0 Å². The third kappa shape index (κ3) is 2.15. The number of ether oxygens (including phenoxy) is 1. The van der Waals surface area contributed by atoms with Crippen LogP contribution in [0.25, 0.3) is 0 Å². The van der Waals surface area contributed by atoms with E-state index in [1.807, 2.05) is 6.92 Å². The number of aryl methyl sites for hydroxylation is 1. The summed E-state index contributed by atoms with van der Waals surface area (Å²) in [7, 11) is 0. The van der Waals surface area contributed by atoms with Gasteiger partial charge in [-0.05, 0) is 6.92 Å². The van der Waals surface area contributed by atoms with E-state index < -0.39 is 0 Å². The van der Waals surface area contributed by atoms with Crippen molar-refractivity contribution in [3.8, 4) is 0 Å². The largest absolute Gasteiger partial charge is 0.448 e. The molecule has 1 aromatic heterocycles. The summed E-state index contributed by atoms with van der Waals surface area (Å²) in [6, 6.07) is 1.69. The van der Waals surface area contributed by atoms with Crippen LogP contribution in [-0.4, -0.2) is 34.1 Å². The first-order chi connectivity index (χ1) is 7.15. The maximum absolute atomic E-state index is 11.2. The van der Waals surface area contributed by atoms with Gasteiger partial charge in [0.2, 0.25) is 0 Å². The lowest BCUT2D eigenvalue weighted by Crippen LogP contribution is -2.25. The van der Waals surface area contributed by atoms with Crippen molar-refractivity contribution in [1.82, 2.24) is 14.9 Å². The van der Waals surface area contributed by atoms with Crippen molar-refractivity contribution in [3.05, 3.63) is 17.6 Å². The molecule has 0 aromatic carbocycles. The highest BCUT2D eigenvalue weighted by molar-refractivity contribution is 5.69. The van der Waals surface area contributed by atoms with Crippen LogP contribution in [0.4, 0.5) is 10.6 Å². The van der Waals surface area contributed by atoms with Crippen LogP contribution in [0.15, 0.2) is 6.07 Å². The zero-order chi connectivity index (χ0) is 10.8. The molecule has 1 fully saturated rings.